The molecule has 0 aliphatic carbocycles. The molecule has 1 amide bonds. The van der Waals surface area contributed by atoms with Crippen LogP contribution in [0.3, 0.4) is 0 Å². The summed E-state index contributed by atoms with van der Waals surface area (Å²) in [5.74, 6) is -0.898. The van der Waals surface area contributed by atoms with Gasteiger partial charge in [0.05, 0.1) is 11.3 Å². The Morgan fingerprint density at radius 1 is 1.50 bits per heavy atom. The summed E-state index contributed by atoms with van der Waals surface area (Å²) >= 11 is 0. The number of rotatable bonds is 4. The molecule has 0 aliphatic rings. The summed E-state index contributed by atoms with van der Waals surface area (Å²) < 4.78 is 29.7. The van der Waals surface area contributed by atoms with E-state index in [2.05, 4.69) is 5.32 Å². The fourth-order valence-corrected chi connectivity index (χ4v) is 2.00. The Labute approximate surface area is 83.9 Å². The van der Waals surface area contributed by atoms with Crippen molar-refractivity contribution in [3.63, 3.8) is 0 Å². The second-order valence-electron chi connectivity index (χ2n) is 3.60. The highest BCUT2D eigenvalue weighted by Gasteiger charge is 2.25. The molecule has 0 heterocycles. The normalized spacial score (nSPS) is 13.1. The monoisotopic (exact) mass is 221 g/mol. The van der Waals surface area contributed by atoms with Crippen LogP contribution < -0.4 is 5.32 Å². The number of allylic oxidation sites excluding steroid dienone is 1. The number of carbonyl (C=O) groups is 1. The van der Waals surface area contributed by atoms with Crippen molar-refractivity contribution in [3.05, 3.63) is 12.2 Å². The van der Waals surface area contributed by atoms with E-state index in [4.69, 9.17) is 4.55 Å². The summed E-state index contributed by atoms with van der Waals surface area (Å²) in [6, 6.07) is 0. The molecule has 14 heavy (non-hydrogen) atoms. The van der Waals surface area contributed by atoms with Gasteiger partial charge < -0.3 is 5.32 Å². The molecule has 0 fully saturated rings. The highest BCUT2D eigenvalue weighted by molar-refractivity contribution is 7.85. The van der Waals surface area contributed by atoms with Crippen molar-refractivity contribution in [1.29, 1.82) is 0 Å². The van der Waals surface area contributed by atoms with Crippen LogP contribution in [0.25, 0.3) is 0 Å². The molecule has 0 aromatic rings. The van der Waals surface area contributed by atoms with E-state index in [0.29, 0.717) is 0 Å². The van der Waals surface area contributed by atoms with Gasteiger partial charge in [0.25, 0.3) is 10.1 Å². The van der Waals surface area contributed by atoms with Gasteiger partial charge in [0.2, 0.25) is 5.91 Å². The summed E-state index contributed by atoms with van der Waals surface area (Å²) in [6.07, 6.45) is 2.82. The predicted octanol–water partition coefficient (Wildman–Crippen LogP) is 0.345. The average Bonchev–Trinajstić information content (AvgIpc) is 1.78. The van der Waals surface area contributed by atoms with Gasteiger partial charge in [-0.05, 0) is 26.8 Å². The van der Waals surface area contributed by atoms with Crippen molar-refractivity contribution in [2.45, 2.75) is 26.3 Å². The van der Waals surface area contributed by atoms with E-state index in [1.807, 2.05) is 0 Å². The van der Waals surface area contributed by atoms with E-state index >= 15 is 0 Å². The first kappa shape index (κ1) is 13.1. The molecule has 0 rings (SSSR count). The Kier molecular flexibility index (Phi) is 4.28. The Hall–Kier alpha value is -0.880. The molecule has 0 saturated carbocycles. The first-order valence-electron chi connectivity index (χ1n) is 4.06. The molecule has 0 aromatic carbocycles. The van der Waals surface area contributed by atoms with Crippen molar-refractivity contribution in [3.8, 4) is 0 Å². The Bertz CT molecular complexity index is 329. The van der Waals surface area contributed by atoms with Crippen molar-refractivity contribution in [2.75, 3.05) is 5.75 Å². The summed E-state index contributed by atoms with van der Waals surface area (Å²) in [4.78, 5) is 11.1. The zero-order chi connectivity index (χ0) is 11.4. The van der Waals surface area contributed by atoms with Crippen LogP contribution in [-0.2, 0) is 14.9 Å². The molecule has 0 saturated heterocycles. The lowest BCUT2D eigenvalue weighted by molar-refractivity contribution is -0.117. The minimum absolute atomic E-state index is 0.388. The highest BCUT2D eigenvalue weighted by Crippen LogP contribution is 2.05. The molecule has 0 radical (unpaired) electrons. The number of carbonyl (C=O) groups excluding carboxylic acids is 1. The zero-order valence-electron chi connectivity index (χ0n) is 8.44. The lowest BCUT2D eigenvalue weighted by Gasteiger charge is -2.23. The fourth-order valence-electron chi connectivity index (χ4n) is 1.02. The van der Waals surface area contributed by atoms with Crippen LogP contribution in [0.5, 0.6) is 0 Å². The molecule has 0 aromatic heterocycles. The topological polar surface area (TPSA) is 83.5 Å². The predicted molar refractivity (Wildman–Crippen MR) is 53.5 cm³/mol. The van der Waals surface area contributed by atoms with Crippen molar-refractivity contribution < 1.29 is 17.8 Å². The van der Waals surface area contributed by atoms with Gasteiger partial charge in [-0.25, -0.2) is 0 Å². The van der Waals surface area contributed by atoms with E-state index in [-0.39, 0.29) is 5.91 Å². The summed E-state index contributed by atoms with van der Waals surface area (Å²) in [5.41, 5.74) is -0.982. The van der Waals surface area contributed by atoms with Gasteiger partial charge in [-0.3, -0.25) is 9.35 Å². The maximum atomic E-state index is 11.1. The maximum Gasteiger partial charge on any atom is 0.267 e. The van der Waals surface area contributed by atoms with Gasteiger partial charge in [-0.15, -0.1) is 0 Å². The maximum absolute atomic E-state index is 11.1. The van der Waals surface area contributed by atoms with Gasteiger partial charge in [0, 0.05) is 0 Å². The number of hydrogen-bond acceptors (Lipinski definition) is 3. The SMILES string of the molecule is CC=CC(=O)NC(C)(C)CS(=O)(=O)O. The molecule has 0 spiro atoms. The van der Waals surface area contributed by atoms with Gasteiger partial charge in [-0.2, -0.15) is 8.42 Å². The van der Waals surface area contributed by atoms with Crippen LogP contribution in [0.2, 0.25) is 0 Å². The van der Waals surface area contributed by atoms with Crippen molar-refractivity contribution >= 4 is 16.0 Å². The standard InChI is InChI=1S/C8H15NO4S/c1-4-5-7(10)9-8(2,3)6-14(11,12)13/h4-5H,6H2,1-3H3,(H,9,10)(H,11,12,13). The van der Waals surface area contributed by atoms with Crippen LogP contribution in [0.1, 0.15) is 20.8 Å². The van der Waals surface area contributed by atoms with Crippen LogP contribution in [0.4, 0.5) is 0 Å². The van der Waals surface area contributed by atoms with Crippen LogP contribution in [0.15, 0.2) is 12.2 Å². The van der Waals surface area contributed by atoms with Crippen LogP contribution in [-0.4, -0.2) is 30.2 Å². The van der Waals surface area contributed by atoms with Crippen molar-refractivity contribution in [1.82, 2.24) is 5.32 Å². The summed E-state index contributed by atoms with van der Waals surface area (Å²) in [5, 5.41) is 2.45. The van der Waals surface area contributed by atoms with Gasteiger partial charge >= 0.3 is 0 Å². The number of amides is 1. The van der Waals surface area contributed by atoms with Crippen molar-refractivity contribution in [2.24, 2.45) is 0 Å². The molecule has 5 nitrogen and oxygen atoms in total. The van der Waals surface area contributed by atoms with Gasteiger partial charge in [-0.1, -0.05) is 6.08 Å². The lowest BCUT2D eigenvalue weighted by atomic mass is 10.1. The fraction of sp³-hybridized carbons (Fsp3) is 0.625. The third kappa shape index (κ3) is 6.62. The smallest absolute Gasteiger partial charge is 0.267 e. The number of nitrogens with one attached hydrogen (secondary N) is 1. The molecule has 0 unspecified atom stereocenters. The number of hydrogen-bond donors (Lipinski definition) is 2. The van der Waals surface area contributed by atoms with E-state index in [1.54, 1.807) is 13.0 Å². The first-order chi connectivity index (χ1) is 6.16. The van der Waals surface area contributed by atoms with Crippen LogP contribution in [0, 0.1) is 0 Å². The van der Waals surface area contributed by atoms with E-state index in [0.717, 1.165) is 0 Å². The molecule has 0 bridgehead atoms. The highest BCUT2D eigenvalue weighted by atomic mass is 32.2. The molecule has 0 aliphatic heterocycles. The minimum atomic E-state index is -4.08. The zero-order valence-corrected chi connectivity index (χ0v) is 9.26. The Morgan fingerprint density at radius 2 is 2.00 bits per heavy atom. The molecular formula is C8H15NO4S. The molecular weight excluding hydrogens is 206 g/mol. The molecule has 6 heteroatoms. The average molecular weight is 221 g/mol. The summed E-state index contributed by atoms with van der Waals surface area (Å²) in [6.45, 7) is 4.71. The Morgan fingerprint density at radius 3 is 2.36 bits per heavy atom. The van der Waals surface area contributed by atoms with Gasteiger partial charge in [0.1, 0.15) is 0 Å². The second kappa shape index (κ2) is 4.56. The van der Waals surface area contributed by atoms with E-state index < -0.39 is 21.4 Å². The molecule has 2 N–H and O–H groups in total. The van der Waals surface area contributed by atoms with Gasteiger partial charge in [0.15, 0.2) is 0 Å². The largest absolute Gasteiger partial charge is 0.347 e. The third-order valence-electron chi connectivity index (χ3n) is 1.32. The molecule has 82 valence electrons. The van der Waals surface area contributed by atoms with E-state index in [1.165, 1.54) is 19.9 Å². The first-order valence-corrected chi connectivity index (χ1v) is 5.67. The Balaban J connectivity index is 4.42. The third-order valence-corrected chi connectivity index (χ3v) is 2.41. The molecule has 0 atom stereocenters. The second-order valence-corrected chi connectivity index (χ2v) is 5.05. The quantitative estimate of drug-likeness (QED) is 0.530. The lowest BCUT2D eigenvalue weighted by Crippen LogP contribution is -2.47. The van der Waals surface area contributed by atoms with Crippen LogP contribution >= 0.6 is 0 Å². The summed E-state index contributed by atoms with van der Waals surface area (Å²) in [7, 11) is -4.08. The minimum Gasteiger partial charge on any atom is -0.347 e. The van der Waals surface area contributed by atoms with E-state index in [9.17, 15) is 13.2 Å².